The average Bonchev–Trinajstić information content (AvgIpc) is 2.47. The molecular formula is C15H18ClN5. The molecule has 6 heteroatoms. The Morgan fingerprint density at radius 3 is 2.71 bits per heavy atom. The van der Waals surface area contributed by atoms with Crippen LogP contribution in [0, 0.1) is 6.92 Å². The number of halogens is 1. The molecule has 2 atom stereocenters. The Balaban J connectivity index is 1.74. The first kappa shape index (κ1) is 13.2. The number of pyridine rings is 1. The van der Waals surface area contributed by atoms with E-state index in [2.05, 4.69) is 31.8 Å². The maximum atomic E-state index is 6.27. The Morgan fingerprint density at radius 1 is 1.19 bits per heavy atom. The van der Waals surface area contributed by atoms with Crippen LogP contribution in [-0.2, 0) is 0 Å². The van der Waals surface area contributed by atoms with Gasteiger partial charge in [0, 0.05) is 30.6 Å². The van der Waals surface area contributed by atoms with Crippen LogP contribution in [0.5, 0.6) is 0 Å². The van der Waals surface area contributed by atoms with Crippen LogP contribution in [0.3, 0.4) is 0 Å². The molecule has 0 N–H and O–H groups in total. The second-order valence-electron chi connectivity index (χ2n) is 6.10. The molecule has 2 aromatic heterocycles. The highest BCUT2D eigenvalue weighted by Gasteiger charge is 2.37. The minimum atomic E-state index is 0.514. The molecule has 5 nitrogen and oxygen atoms in total. The van der Waals surface area contributed by atoms with Gasteiger partial charge in [-0.15, -0.1) is 0 Å². The second kappa shape index (κ2) is 4.78. The highest BCUT2D eigenvalue weighted by Crippen LogP contribution is 2.32. The van der Waals surface area contributed by atoms with Crippen molar-refractivity contribution in [2.24, 2.45) is 0 Å². The Labute approximate surface area is 129 Å². The lowest BCUT2D eigenvalue weighted by Crippen LogP contribution is -2.61. The quantitative estimate of drug-likeness (QED) is 0.756. The summed E-state index contributed by atoms with van der Waals surface area (Å²) in [7, 11) is 2.22. The minimum Gasteiger partial charge on any atom is -0.351 e. The molecule has 21 heavy (non-hydrogen) atoms. The van der Waals surface area contributed by atoms with E-state index >= 15 is 0 Å². The first-order chi connectivity index (χ1) is 10.1. The van der Waals surface area contributed by atoms with E-state index in [9.17, 15) is 0 Å². The van der Waals surface area contributed by atoms with Crippen LogP contribution in [0.15, 0.2) is 12.3 Å². The summed E-state index contributed by atoms with van der Waals surface area (Å²) >= 11 is 6.27. The lowest BCUT2D eigenvalue weighted by atomic mass is 9.91. The number of fused-ring (bicyclic) bond motifs is 4. The zero-order chi connectivity index (χ0) is 14.6. The van der Waals surface area contributed by atoms with Gasteiger partial charge in [-0.25, -0.2) is 15.0 Å². The van der Waals surface area contributed by atoms with Gasteiger partial charge in [0.15, 0.2) is 0 Å². The summed E-state index contributed by atoms with van der Waals surface area (Å²) in [5, 5.41) is 1.41. The van der Waals surface area contributed by atoms with Gasteiger partial charge in [0.1, 0.15) is 16.8 Å². The molecule has 3 aliphatic rings. The van der Waals surface area contributed by atoms with Crippen molar-refractivity contribution in [2.75, 3.05) is 25.0 Å². The summed E-state index contributed by atoms with van der Waals surface area (Å²) in [4.78, 5) is 18.1. The van der Waals surface area contributed by atoms with Crippen LogP contribution in [-0.4, -0.2) is 52.1 Å². The molecule has 0 amide bonds. The molecule has 5 heterocycles. The van der Waals surface area contributed by atoms with Crippen molar-refractivity contribution in [3.05, 3.63) is 23.2 Å². The van der Waals surface area contributed by atoms with E-state index in [0.717, 1.165) is 29.8 Å². The van der Waals surface area contributed by atoms with Crippen molar-refractivity contribution in [1.82, 2.24) is 19.9 Å². The van der Waals surface area contributed by atoms with Gasteiger partial charge >= 0.3 is 0 Å². The van der Waals surface area contributed by atoms with Gasteiger partial charge in [0.25, 0.3) is 0 Å². The van der Waals surface area contributed by atoms with Gasteiger partial charge in [-0.2, -0.15) is 0 Å². The number of piperidine rings is 2. The minimum absolute atomic E-state index is 0.514. The lowest BCUT2D eigenvalue weighted by molar-refractivity contribution is 0.124. The average molecular weight is 304 g/mol. The van der Waals surface area contributed by atoms with Crippen LogP contribution >= 0.6 is 11.6 Å². The molecule has 2 aromatic rings. The van der Waals surface area contributed by atoms with Gasteiger partial charge in [0.2, 0.25) is 0 Å². The van der Waals surface area contributed by atoms with Crippen molar-refractivity contribution in [3.8, 4) is 0 Å². The lowest BCUT2D eigenvalue weighted by Gasteiger charge is -2.50. The Kier molecular flexibility index (Phi) is 3.01. The molecule has 0 spiro atoms. The summed E-state index contributed by atoms with van der Waals surface area (Å²) in [6.07, 6.45) is 4.35. The van der Waals surface area contributed by atoms with Crippen LogP contribution in [0.1, 0.15) is 18.7 Å². The third-order valence-corrected chi connectivity index (χ3v) is 5.02. The number of rotatable bonds is 1. The normalized spacial score (nSPS) is 25.8. The highest BCUT2D eigenvalue weighted by atomic mass is 35.5. The maximum absolute atomic E-state index is 6.27. The van der Waals surface area contributed by atoms with Crippen molar-refractivity contribution in [2.45, 2.75) is 31.8 Å². The zero-order valence-corrected chi connectivity index (χ0v) is 13.0. The van der Waals surface area contributed by atoms with E-state index in [1.54, 1.807) is 0 Å². The molecule has 0 aromatic carbocycles. The standard InChI is InChI=1S/C15H18ClN5/c1-9-18-13-6-17-14(5-12(13)15(16)19-9)21-8-10-3-4-11(21)7-20(10)2/h5-6,10-11H,3-4,7-8H2,1-2H3/t10-,11?/m1/s1. The molecule has 110 valence electrons. The monoisotopic (exact) mass is 303 g/mol. The molecule has 0 radical (unpaired) electrons. The van der Waals surface area contributed by atoms with Crippen molar-refractivity contribution >= 4 is 28.3 Å². The SMILES string of the molecule is Cc1nc(Cl)c2cc(N3C[C@H]4CCC3CN4C)ncc2n1. The number of aryl methyl sites for hydroxylation is 1. The van der Waals surface area contributed by atoms with E-state index in [1.165, 1.54) is 12.8 Å². The maximum Gasteiger partial charge on any atom is 0.140 e. The van der Waals surface area contributed by atoms with Gasteiger partial charge in [-0.05, 0) is 32.9 Å². The number of nitrogens with zero attached hydrogens (tertiary/aromatic N) is 5. The summed E-state index contributed by atoms with van der Waals surface area (Å²) in [6, 6.07) is 3.23. The van der Waals surface area contributed by atoms with E-state index < -0.39 is 0 Å². The molecule has 5 rings (SSSR count). The van der Waals surface area contributed by atoms with E-state index in [4.69, 9.17) is 11.6 Å². The van der Waals surface area contributed by atoms with E-state index in [-0.39, 0.29) is 0 Å². The van der Waals surface area contributed by atoms with E-state index in [0.29, 0.717) is 23.1 Å². The summed E-state index contributed by atoms with van der Waals surface area (Å²) < 4.78 is 0. The predicted octanol–water partition coefficient (Wildman–Crippen LogP) is 2.27. The molecule has 0 saturated carbocycles. The van der Waals surface area contributed by atoms with Crippen LogP contribution in [0.2, 0.25) is 5.15 Å². The smallest absolute Gasteiger partial charge is 0.140 e. The fourth-order valence-corrected chi connectivity index (χ4v) is 3.84. The second-order valence-corrected chi connectivity index (χ2v) is 6.46. The molecule has 0 aliphatic carbocycles. The number of anilines is 1. The predicted molar refractivity (Wildman–Crippen MR) is 83.9 cm³/mol. The fraction of sp³-hybridized carbons (Fsp3) is 0.533. The molecule has 3 saturated heterocycles. The van der Waals surface area contributed by atoms with E-state index in [1.807, 2.05) is 19.2 Å². The van der Waals surface area contributed by atoms with Crippen molar-refractivity contribution in [1.29, 1.82) is 0 Å². The highest BCUT2D eigenvalue weighted by molar-refractivity contribution is 6.34. The van der Waals surface area contributed by atoms with Crippen molar-refractivity contribution < 1.29 is 0 Å². The summed E-state index contributed by atoms with van der Waals surface area (Å²) in [5.41, 5.74) is 0.815. The van der Waals surface area contributed by atoms with Gasteiger partial charge in [-0.3, -0.25) is 4.90 Å². The fourth-order valence-electron chi connectivity index (χ4n) is 3.57. The third-order valence-electron chi connectivity index (χ3n) is 4.73. The Bertz CT molecular complexity index is 704. The third kappa shape index (κ3) is 2.15. The first-order valence-electron chi connectivity index (χ1n) is 7.38. The topological polar surface area (TPSA) is 45.2 Å². The molecular weight excluding hydrogens is 286 g/mol. The van der Waals surface area contributed by atoms with Gasteiger partial charge < -0.3 is 4.90 Å². The largest absolute Gasteiger partial charge is 0.351 e. The number of hydrogen-bond acceptors (Lipinski definition) is 5. The van der Waals surface area contributed by atoms with Crippen LogP contribution < -0.4 is 4.90 Å². The Morgan fingerprint density at radius 2 is 2.00 bits per heavy atom. The molecule has 2 bridgehead atoms. The van der Waals surface area contributed by atoms with Crippen LogP contribution in [0.4, 0.5) is 5.82 Å². The zero-order valence-electron chi connectivity index (χ0n) is 12.3. The van der Waals surface area contributed by atoms with Gasteiger partial charge in [0.05, 0.1) is 11.7 Å². The number of likely N-dealkylation sites (N-methyl/N-ethyl adjacent to an activating group) is 1. The number of hydrogen-bond donors (Lipinski definition) is 0. The Hall–Kier alpha value is -1.46. The van der Waals surface area contributed by atoms with Crippen LogP contribution in [0.25, 0.3) is 10.9 Å². The molecule has 1 unspecified atom stereocenters. The number of aromatic nitrogens is 3. The first-order valence-corrected chi connectivity index (χ1v) is 7.76. The summed E-state index contributed by atoms with van der Waals surface area (Å²) in [6.45, 7) is 4.01. The summed E-state index contributed by atoms with van der Waals surface area (Å²) in [5.74, 6) is 1.68. The molecule has 3 aliphatic heterocycles. The van der Waals surface area contributed by atoms with Crippen molar-refractivity contribution in [3.63, 3.8) is 0 Å². The van der Waals surface area contributed by atoms with Gasteiger partial charge in [-0.1, -0.05) is 11.6 Å². The molecule has 3 fully saturated rings. The number of piperazine rings is 1.